The van der Waals surface area contributed by atoms with Gasteiger partial charge in [-0.25, -0.2) is 4.79 Å². The smallest absolute Gasteiger partial charge is 0.330 e. The molecule has 0 aliphatic carbocycles. The molecule has 0 radical (unpaired) electrons. The minimum Gasteiger partial charge on any atom is -0.466 e. The summed E-state index contributed by atoms with van der Waals surface area (Å²) in [7, 11) is 1.25. The second kappa shape index (κ2) is 8.73. The highest BCUT2D eigenvalue weighted by atomic mass is 16.5. The fourth-order valence-corrected chi connectivity index (χ4v) is 4.46. The Morgan fingerprint density at radius 3 is 2.54 bits per heavy atom. The minimum atomic E-state index is -0.600. The number of nitrogens with one attached hydrogen (secondary N) is 3. The molecule has 3 amide bonds. The van der Waals surface area contributed by atoms with Crippen LogP contribution >= 0.6 is 0 Å². The number of fused-ring (bicyclic) bond motifs is 2. The van der Waals surface area contributed by atoms with Gasteiger partial charge in [0.15, 0.2) is 0 Å². The van der Waals surface area contributed by atoms with Crippen LogP contribution in [0.5, 0.6) is 0 Å². The third kappa shape index (κ3) is 3.93. The molecule has 2 aliphatic heterocycles. The maximum atomic E-state index is 12.9. The highest BCUT2D eigenvalue weighted by molar-refractivity contribution is 6.27. The molecule has 5 N–H and O–H groups in total. The Hall–Kier alpha value is -4.44. The Balaban J connectivity index is 1.60. The minimum absolute atomic E-state index is 0.0373. The van der Waals surface area contributed by atoms with Gasteiger partial charge in [-0.1, -0.05) is 0 Å². The number of anilines is 1. The average molecular weight is 473 g/mol. The number of carbonyl (C=O) groups excluding carboxylic acids is 4. The molecule has 5 rings (SSSR count). The van der Waals surface area contributed by atoms with Gasteiger partial charge < -0.3 is 25.7 Å². The molecule has 0 atom stereocenters. The lowest BCUT2D eigenvalue weighted by Gasteiger charge is -2.27. The molecule has 1 aromatic heterocycles. The summed E-state index contributed by atoms with van der Waals surface area (Å²) in [5.74, 6) is -1.77. The second-order valence-electron chi connectivity index (χ2n) is 8.34. The van der Waals surface area contributed by atoms with Crippen molar-refractivity contribution < 1.29 is 23.9 Å². The molecule has 0 saturated carbocycles. The van der Waals surface area contributed by atoms with Gasteiger partial charge in [-0.2, -0.15) is 0 Å². The summed E-state index contributed by atoms with van der Waals surface area (Å²) >= 11 is 0. The van der Waals surface area contributed by atoms with E-state index in [9.17, 15) is 19.2 Å². The van der Waals surface area contributed by atoms with E-state index in [4.69, 9.17) is 5.73 Å². The van der Waals surface area contributed by atoms with Crippen molar-refractivity contribution in [1.29, 1.82) is 0 Å². The normalized spacial score (nSPS) is 15.5. The molecule has 1 fully saturated rings. The Morgan fingerprint density at radius 2 is 1.80 bits per heavy atom. The number of aromatic amines is 1. The summed E-state index contributed by atoms with van der Waals surface area (Å²) < 4.78 is 4.63. The van der Waals surface area contributed by atoms with Gasteiger partial charge in [0.1, 0.15) is 0 Å². The number of nitrogens with zero attached hydrogens (tertiary/aromatic N) is 1. The van der Waals surface area contributed by atoms with Crippen molar-refractivity contribution in [3.05, 3.63) is 58.7 Å². The van der Waals surface area contributed by atoms with Crippen LogP contribution in [0.25, 0.3) is 28.2 Å². The number of nitrogens with two attached hydrogens (primary N) is 1. The van der Waals surface area contributed by atoms with Crippen molar-refractivity contribution in [1.82, 2.24) is 20.5 Å². The Bertz CT molecular complexity index is 1430. The van der Waals surface area contributed by atoms with Crippen LogP contribution < -0.4 is 16.4 Å². The lowest BCUT2D eigenvalue weighted by atomic mass is 9.94. The van der Waals surface area contributed by atoms with Crippen LogP contribution in [0.3, 0.4) is 0 Å². The molecule has 178 valence electrons. The molecule has 2 aliphatic rings. The van der Waals surface area contributed by atoms with Gasteiger partial charge in [0.05, 0.1) is 23.9 Å². The van der Waals surface area contributed by atoms with Gasteiger partial charge in [0.2, 0.25) is 0 Å². The monoisotopic (exact) mass is 473 g/mol. The van der Waals surface area contributed by atoms with Crippen molar-refractivity contribution in [2.24, 2.45) is 0 Å². The number of H-pyrrole nitrogens is 1. The quantitative estimate of drug-likeness (QED) is 0.194. The first-order valence-electron chi connectivity index (χ1n) is 11.1. The lowest BCUT2D eigenvalue weighted by molar-refractivity contribution is -0.134. The standard InChI is InChI=1S/C25H23N5O5/c1-35-19(31)5-3-13-11-16(20-21(22(13)26)24(33)29-23(20)32)18-12-15-10-14(2-4-17(15)28-18)25(34)30-8-6-27-7-9-30/h2-5,10-12,27-28H,6-9,26H2,1H3,(H,29,32,33)/b5-3+. The van der Waals surface area contributed by atoms with E-state index >= 15 is 0 Å². The number of aromatic nitrogens is 1. The number of benzene rings is 2. The zero-order valence-corrected chi connectivity index (χ0v) is 18.9. The van der Waals surface area contributed by atoms with Gasteiger partial charge in [-0.15, -0.1) is 0 Å². The fraction of sp³-hybridized carbons (Fsp3) is 0.200. The van der Waals surface area contributed by atoms with E-state index in [2.05, 4.69) is 20.4 Å². The number of hydrogen-bond donors (Lipinski definition) is 4. The van der Waals surface area contributed by atoms with Gasteiger partial charge in [0.25, 0.3) is 17.7 Å². The molecular formula is C25H23N5O5. The molecule has 0 bridgehead atoms. The Labute approximate surface area is 200 Å². The first kappa shape index (κ1) is 22.4. The number of methoxy groups -OCH3 is 1. The highest BCUT2D eigenvalue weighted by Gasteiger charge is 2.34. The number of imide groups is 1. The van der Waals surface area contributed by atoms with Crippen molar-refractivity contribution in [3.63, 3.8) is 0 Å². The molecule has 3 heterocycles. The predicted octanol–water partition coefficient (Wildman–Crippen LogP) is 1.53. The van der Waals surface area contributed by atoms with Crippen LogP contribution in [-0.2, 0) is 9.53 Å². The van der Waals surface area contributed by atoms with Crippen LogP contribution in [0.2, 0.25) is 0 Å². The summed E-state index contributed by atoms with van der Waals surface area (Å²) in [6.45, 7) is 2.83. The van der Waals surface area contributed by atoms with Gasteiger partial charge in [-0.05, 0) is 42.0 Å². The maximum absolute atomic E-state index is 12.9. The SMILES string of the molecule is COC(=O)/C=C/c1cc(-c2cc3cc(C(=O)N4CCNCC4)ccc3[nH]2)c2c(c1N)C(=O)NC2=O. The lowest BCUT2D eigenvalue weighted by Crippen LogP contribution is -2.46. The van der Waals surface area contributed by atoms with E-state index in [0.717, 1.165) is 24.0 Å². The van der Waals surface area contributed by atoms with E-state index in [1.165, 1.54) is 19.3 Å². The number of rotatable bonds is 4. The van der Waals surface area contributed by atoms with Gasteiger partial charge in [0, 0.05) is 60.0 Å². The summed E-state index contributed by atoms with van der Waals surface area (Å²) in [5, 5.41) is 6.30. The van der Waals surface area contributed by atoms with Crippen molar-refractivity contribution in [2.45, 2.75) is 0 Å². The summed E-state index contributed by atoms with van der Waals surface area (Å²) in [4.78, 5) is 54.7. The molecular weight excluding hydrogens is 450 g/mol. The van der Waals surface area contributed by atoms with Crippen LogP contribution in [0.15, 0.2) is 36.4 Å². The Kier molecular flexibility index (Phi) is 5.58. The Morgan fingerprint density at radius 1 is 1.06 bits per heavy atom. The molecule has 10 heteroatoms. The second-order valence-corrected chi connectivity index (χ2v) is 8.34. The molecule has 2 aromatic carbocycles. The average Bonchev–Trinajstić information content (AvgIpc) is 3.43. The number of nitrogen functional groups attached to an aromatic ring is 1. The first-order chi connectivity index (χ1) is 16.9. The topological polar surface area (TPSA) is 147 Å². The zero-order valence-electron chi connectivity index (χ0n) is 18.9. The van der Waals surface area contributed by atoms with Crippen molar-refractivity contribution >= 4 is 46.4 Å². The number of amides is 3. The first-order valence-corrected chi connectivity index (χ1v) is 11.1. The molecule has 0 spiro atoms. The fourth-order valence-electron chi connectivity index (χ4n) is 4.46. The van der Waals surface area contributed by atoms with Crippen molar-refractivity contribution in [3.8, 4) is 11.3 Å². The number of ether oxygens (including phenoxy) is 1. The number of esters is 1. The van der Waals surface area contributed by atoms with E-state index in [1.54, 1.807) is 18.2 Å². The van der Waals surface area contributed by atoms with Crippen LogP contribution in [0, 0.1) is 0 Å². The van der Waals surface area contributed by atoms with Gasteiger partial charge >= 0.3 is 5.97 Å². The zero-order chi connectivity index (χ0) is 24.7. The largest absolute Gasteiger partial charge is 0.466 e. The van der Waals surface area contributed by atoms with Crippen LogP contribution in [0.4, 0.5) is 5.69 Å². The summed E-state index contributed by atoms with van der Waals surface area (Å²) in [6.07, 6.45) is 2.63. The summed E-state index contributed by atoms with van der Waals surface area (Å²) in [6, 6.07) is 8.85. The van der Waals surface area contributed by atoms with Crippen molar-refractivity contribution in [2.75, 3.05) is 39.0 Å². The molecule has 3 aromatic rings. The van der Waals surface area contributed by atoms with Gasteiger partial charge in [-0.3, -0.25) is 19.7 Å². The van der Waals surface area contributed by atoms with E-state index < -0.39 is 17.8 Å². The third-order valence-corrected chi connectivity index (χ3v) is 6.24. The van der Waals surface area contributed by atoms with E-state index in [-0.39, 0.29) is 22.7 Å². The van der Waals surface area contributed by atoms with E-state index in [1.807, 2.05) is 17.0 Å². The number of carbonyl (C=O) groups is 4. The molecule has 0 unspecified atom stereocenters. The van der Waals surface area contributed by atoms with Crippen LogP contribution in [-0.4, -0.2) is 66.9 Å². The third-order valence-electron chi connectivity index (χ3n) is 6.24. The molecule has 1 saturated heterocycles. The molecule has 35 heavy (non-hydrogen) atoms. The van der Waals surface area contributed by atoms with E-state index in [0.29, 0.717) is 35.5 Å². The maximum Gasteiger partial charge on any atom is 0.330 e. The highest BCUT2D eigenvalue weighted by Crippen LogP contribution is 2.37. The molecule has 10 nitrogen and oxygen atoms in total. The number of hydrogen-bond acceptors (Lipinski definition) is 7. The number of piperazine rings is 1. The predicted molar refractivity (Wildman–Crippen MR) is 130 cm³/mol. The van der Waals surface area contributed by atoms with Crippen LogP contribution in [0.1, 0.15) is 36.6 Å². The summed E-state index contributed by atoms with van der Waals surface area (Å²) in [5.41, 5.74) is 9.24.